The van der Waals surface area contributed by atoms with Gasteiger partial charge in [-0.15, -0.1) is 0 Å². The molecule has 0 saturated carbocycles. The quantitative estimate of drug-likeness (QED) is 0.456. The van der Waals surface area contributed by atoms with Crippen molar-refractivity contribution in [3.05, 3.63) is 0 Å². The van der Waals surface area contributed by atoms with E-state index in [4.69, 9.17) is 0 Å². The first kappa shape index (κ1) is 14.3. The van der Waals surface area contributed by atoms with Gasteiger partial charge in [0, 0.05) is 0 Å². The predicted molar refractivity (Wildman–Crippen MR) is 64.9 cm³/mol. The topological polar surface area (TPSA) is 0 Å². The second kappa shape index (κ2) is 3.40. The van der Waals surface area contributed by atoms with Crippen LogP contribution in [-0.4, -0.2) is 15.9 Å². The highest BCUT2D eigenvalue weighted by Crippen LogP contribution is 2.52. The number of hydrogen-bond donors (Lipinski definition) is 0. The van der Waals surface area contributed by atoms with Crippen molar-refractivity contribution in [1.29, 1.82) is 0 Å². The summed E-state index contributed by atoms with van der Waals surface area (Å²) in [5, 5.41) is -1.01. The molecule has 86 valence electrons. The minimum Gasteiger partial charge on any atom is -0.314 e. The largest absolute Gasteiger partial charge is 0.314 e. The maximum Gasteiger partial charge on any atom is 0.273 e. The van der Waals surface area contributed by atoms with E-state index in [1.54, 1.807) is 13.1 Å². The van der Waals surface area contributed by atoms with Crippen LogP contribution in [0.15, 0.2) is 0 Å². The molecular formula is C10H24F2Si2. The lowest BCUT2D eigenvalue weighted by molar-refractivity contribution is 0.581. The summed E-state index contributed by atoms with van der Waals surface area (Å²) in [7, 11) is -6.59. The van der Waals surface area contributed by atoms with Crippen molar-refractivity contribution in [3.8, 4) is 0 Å². The molecule has 0 aromatic carbocycles. The Balaban J connectivity index is 5.30. The maximum atomic E-state index is 14.7. The minimum absolute atomic E-state index is 0.504. The van der Waals surface area contributed by atoms with E-state index >= 15 is 0 Å². The van der Waals surface area contributed by atoms with E-state index in [2.05, 4.69) is 0 Å². The Kier molecular flexibility index (Phi) is 3.48. The van der Waals surface area contributed by atoms with Gasteiger partial charge in [0.15, 0.2) is 0 Å². The normalized spacial score (nSPS) is 22.7. The molecular weight excluding hydrogens is 214 g/mol. The van der Waals surface area contributed by atoms with E-state index in [1.165, 1.54) is 0 Å². The minimum atomic E-state index is -3.30. The molecule has 0 saturated heterocycles. The molecule has 0 aromatic rings. The molecule has 0 radical (unpaired) electrons. The van der Waals surface area contributed by atoms with Gasteiger partial charge in [0.25, 0.3) is 15.9 Å². The fourth-order valence-corrected chi connectivity index (χ4v) is 12.7. The first-order chi connectivity index (χ1) is 5.75. The van der Waals surface area contributed by atoms with Gasteiger partial charge in [-0.1, -0.05) is 41.5 Å². The van der Waals surface area contributed by atoms with E-state index in [1.807, 2.05) is 41.5 Å². The predicted octanol–water partition coefficient (Wildman–Crippen LogP) is 4.75. The summed E-state index contributed by atoms with van der Waals surface area (Å²) in [4.78, 5) is 0. The van der Waals surface area contributed by atoms with Gasteiger partial charge >= 0.3 is 0 Å². The van der Waals surface area contributed by atoms with E-state index in [0.29, 0.717) is 0 Å². The van der Waals surface area contributed by atoms with E-state index < -0.39 is 25.9 Å². The van der Waals surface area contributed by atoms with Crippen molar-refractivity contribution < 1.29 is 8.22 Å². The van der Waals surface area contributed by atoms with Crippen LogP contribution in [0.3, 0.4) is 0 Å². The monoisotopic (exact) mass is 238 g/mol. The van der Waals surface area contributed by atoms with Crippen LogP contribution in [-0.2, 0) is 0 Å². The molecule has 0 aliphatic heterocycles. The molecule has 0 aromatic heterocycles. The number of rotatable bonds is 1. The zero-order chi connectivity index (χ0) is 12.0. The number of halogens is 2. The Morgan fingerprint density at radius 1 is 0.643 bits per heavy atom. The molecule has 0 rings (SSSR count). The summed E-state index contributed by atoms with van der Waals surface area (Å²) < 4.78 is 29.4. The van der Waals surface area contributed by atoms with Gasteiger partial charge < -0.3 is 8.22 Å². The van der Waals surface area contributed by atoms with Gasteiger partial charge in [0.2, 0.25) is 0 Å². The highest BCUT2D eigenvalue weighted by atomic mass is 29.3. The molecule has 14 heavy (non-hydrogen) atoms. The Morgan fingerprint density at radius 3 is 0.857 bits per heavy atom. The summed E-state index contributed by atoms with van der Waals surface area (Å²) in [6.07, 6.45) is 0. The first-order valence-electron chi connectivity index (χ1n) is 5.13. The number of hydrogen-bond acceptors (Lipinski definition) is 0. The first-order valence-corrected chi connectivity index (χ1v) is 10.9. The lowest BCUT2D eigenvalue weighted by Crippen LogP contribution is -2.63. The van der Waals surface area contributed by atoms with Crippen molar-refractivity contribution in [1.82, 2.24) is 0 Å². The van der Waals surface area contributed by atoms with Gasteiger partial charge in [0.1, 0.15) is 0 Å². The lowest BCUT2D eigenvalue weighted by Gasteiger charge is -2.45. The third kappa shape index (κ3) is 2.10. The Hall–Kier alpha value is 0.294. The van der Waals surface area contributed by atoms with E-state index in [-0.39, 0.29) is 0 Å². The SMILES string of the molecule is CC(C)(C)[Si](C)(F)[Si](C)(F)C(C)(C)C. The van der Waals surface area contributed by atoms with Crippen molar-refractivity contribution in [2.24, 2.45) is 0 Å². The van der Waals surface area contributed by atoms with Crippen LogP contribution in [0.25, 0.3) is 0 Å². The van der Waals surface area contributed by atoms with Gasteiger partial charge in [-0.05, 0) is 23.2 Å². The van der Waals surface area contributed by atoms with E-state index in [9.17, 15) is 8.22 Å². The Bertz CT molecular complexity index is 185. The molecule has 2 unspecified atom stereocenters. The molecule has 0 aliphatic rings. The standard InChI is InChI=1S/C10H24F2Si2/c1-9(2,3)13(7,11)14(8,12)10(4,5)6/h1-8H3. The third-order valence-corrected chi connectivity index (χ3v) is 20.9. The van der Waals surface area contributed by atoms with Crippen molar-refractivity contribution in [2.75, 3.05) is 0 Å². The van der Waals surface area contributed by atoms with E-state index in [0.717, 1.165) is 0 Å². The van der Waals surface area contributed by atoms with Crippen LogP contribution >= 0.6 is 0 Å². The lowest BCUT2D eigenvalue weighted by atomic mass is 10.2. The molecule has 0 nitrogen and oxygen atoms in total. The van der Waals surface area contributed by atoms with Crippen LogP contribution in [0.1, 0.15) is 41.5 Å². The molecule has 4 heteroatoms. The summed E-state index contributed by atoms with van der Waals surface area (Å²) in [5.74, 6) is 0. The molecule has 0 N–H and O–H groups in total. The van der Waals surface area contributed by atoms with Gasteiger partial charge in [-0.25, -0.2) is 0 Å². The second-order valence-corrected chi connectivity index (χ2v) is 19.2. The Morgan fingerprint density at radius 2 is 0.786 bits per heavy atom. The Labute approximate surface area is 89.3 Å². The maximum absolute atomic E-state index is 14.7. The molecule has 0 spiro atoms. The van der Waals surface area contributed by atoms with Gasteiger partial charge in [-0.2, -0.15) is 0 Å². The van der Waals surface area contributed by atoms with Crippen molar-refractivity contribution >= 4 is 15.9 Å². The van der Waals surface area contributed by atoms with Crippen molar-refractivity contribution in [2.45, 2.75) is 64.7 Å². The highest BCUT2D eigenvalue weighted by molar-refractivity contribution is 7.38. The summed E-state index contributed by atoms with van der Waals surface area (Å²) in [6, 6.07) is 0. The third-order valence-electron chi connectivity index (χ3n) is 3.70. The second-order valence-electron chi connectivity index (χ2n) is 6.51. The van der Waals surface area contributed by atoms with Gasteiger partial charge in [0.05, 0.1) is 0 Å². The summed E-state index contributed by atoms with van der Waals surface area (Å²) in [5.41, 5.74) is 0. The summed E-state index contributed by atoms with van der Waals surface area (Å²) >= 11 is 0. The molecule has 0 amide bonds. The average molecular weight is 238 g/mol. The zero-order valence-corrected chi connectivity index (χ0v) is 12.8. The zero-order valence-electron chi connectivity index (χ0n) is 10.8. The molecule has 0 aliphatic carbocycles. The molecule has 2 atom stereocenters. The van der Waals surface area contributed by atoms with Gasteiger partial charge in [-0.3, -0.25) is 0 Å². The molecule has 0 fully saturated rings. The fraction of sp³-hybridized carbons (Fsp3) is 1.00. The highest BCUT2D eigenvalue weighted by Gasteiger charge is 2.64. The van der Waals surface area contributed by atoms with Crippen LogP contribution < -0.4 is 0 Å². The van der Waals surface area contributed by atoms with Crippen LogP contribution in [0, 0.1) is 0 Å². The van der Waals surface area contributed by atoms with Crippen LogP contribution in [0.5, 0.6) is 0 Å². The average Bonchev–Trinajstić information content (AvgIpc) is 1.81. The smallest absolute Gasteiger partial charge is 0.273 e. The van der Waals surface area contributed by atoms with Crippen LogP contribution in [0.4, 0.5) is 8.22 Å². The van der Waals surface area contributed by atoms with Crippen LogP contribution in [0.2, 0.25) is 23.2 Å². The molecule has 0 bridgehead atoms. The van der Waals surface area contributed by atoms with Crippen molar-refractivity contribution in [3.63, 3.8) is 0 Å². The molecule has 0 heterocycles. The fourth-order valence-electron chi connectivity index (χ4n) is 1.41. The summed E-state index contributed by atoms with van der Waals surface area (Å²) in [6.45, 7) is 14.1.